The highest BCUT2D eigenvalue weighted by molar-refractivity contribution is 9.10. The van der Waals surface area contributed by atoms with Gasteiger partial charge in [-0.25, -0.2) is 0 Å². The topological polar surface area (TPSA) is 38.9 Å². The zero-order chi connectivity index (χ0) is 12.3. The molecule has 98 valence electrons. The van der Waals surface area contributed by atoms with Crippen LogP contribution < -0.4 is 0 Å². The summed E-state index contributed by atoms with van der Waals surface area (Å²) >= 11 is 3.18. The summed E-state index contributed by atoms with van der Waals surface area (Å²) in [6.07, 6.45) is 13.0. The minimum Gasteiger partial charge on any atom is -0.338 e. The fourth-order valence-corrected chi connectivity index (χ4v) is 2.19. The maximum atomic E-state index is 5.03. The highest BCUT2D eigenvalue weighted by atomic mass is 79.9. The van der Waals surface area contributed by atoms with Crippen molar-refractivity contribution in [3.63, 3.8) is 0 Å². The summed E-state index contributed by atoms with van der Waals surface area (Å²) in [7, 11) is 0. The van der Waals surface area contributed by atoms with Crippen molar-refractivity contribution >= 4 is 15.9 Å². The average molecular weight is 303 g/mol. The average Bonchev–Trinajstić information content (AvgIpc) is 2.73. The molecule has 1 aromatic rings. The summed E-state index contributed by atoms with van der Waals surface area (Å²) in [4.78, 5) is 4.12. The van der Waals surface area contributed by atoms with Gasteiger partial charge in [-0.2, -0.15) is 4.98 Å². The SMILES string of the molecule is CCCCCCCCCCCc1nc(Br)no1. The van der Waals surface area contributed by atoms with Gasteiger partial charge in [0.2, 0.25) is 10.6 Å². The van der Waals surface area contributed by atoms with Crippen molar-refractivity contribution in [1.29, 1.82) is 0 Å². The molecular formula is C13H23BrN2O. The number of nitrogens with zero attached hydrogens (tertiary/aromatic N) is 2. The van der Waals surface area contributed by atoms with Crippen LogP contribution in [0.15, 0.2) is 9.26 Å². The highest BCUT2D eigenvalue weighted by Gasteiger charge is 2.02. The second-order valence-corrected chi connectivity index (χ2v) is 5.24. The molecule has 1 rings (SSSR count). The Labute approximate surface area is 112 Å². The van der Waals surface area contributed by atoms with Gasteiger partial charge in [0.05, 0.1) is 0 Å². The molecule has 0 saturated heterocycles. The molecule has 0 aromatic carbocycles. The molecule has 3 nitrogen and oxygen atoms in total. The number of aromatic nitrogens is 2. The molecular weight excluding hydrogens is 280 g/mol. The van der Waals surface area contributed by atoms with Crippen LogP contribution in [0.2, 0.25) is 0 Å². The van der Waals surface area contributed by atoms with Gasteiger partial charge < -0.3 is 4.52 Å². The predicted octanol–water partition coefficient (Wildman–Crippen LogP) is 4.91. The third-order valence-corrected chi connectivity index (χ3v) is 3.26. The maximum absolute atomic E-state index is 5.03. The smallest absolute Gasteiger partial charge is 0.238 e. The maximum Gasteiger partial charge on any atom is 0.238 e. The van der Waals surface area contributed by atoms with Gasteiger partial charge in [-0.05, 0) is 27.5 Å². The zero-order valence-electron chi connectivity index (χ0n) is 10.8. The lowest BCUT2D eigenvalue weighted by molar-refractivity contribution is 0.370. The van der Waals surface area contributed by atoms with Crippen LogP contribution in [0.4, 0.5) is 0 Å². The third-order valence-electron chi connectivity index (χ3n) is 2.94. The van der Waals surface area contributed by atoms with Gasteiger partial charge in [0, 0.05) is 6.42 Å². The molecule has 0 aliphatic carbocycles. The number of rotatable bonds is 10. The number of hydrogen-bond donors (Lipinski definition) is 0. The lowest BCUT2D eigenvalue weighted by Crippen LogP contribution is -1.86. The summed E-state index contributed by atoms with van der Waals surface area (Å²) in [6.45, 7) is 2.26. The van der Waals surface area contributed by atoms with Gasteiger partial charge in [-0.1, -0.05) is 58.3 Å². The van der Waals surface area contributed by atoms with E-state index in [4.69, 9.17) is 4.52 Å². The van der Waals surface area contributed by atoms with E-state index in [9.17, 15) is 0 Å². The lowest BCUT2D eigenvalue weighted by Gasteiger charge is -2.00. The Balaban J connectivity index is 1.84. The van der Waals surface area contributed by atoms with E-state index in [-0.39, 0.29) is 0 Å². The first-order chi connectivity index (χ1) is 8.33. The van der Waals surface area contributed by atoms with Gasteiger partial charge in [0.25, 0.3) is 0 Å². The first-order valence-electron chi connectivity index (χ1n) is 6.81. The molecule has 0 aliphatic heterocycles. The molecule has 0 spiro atoms. The standard InChI is InChI=1S/C13H23BrN2O/c1-2-3-4-5-6-7-8-9-10-11-12-15-13(14)16-17-12/h2-11H2,1H3. The van der Waals surface area contributed by atoms with Crippen LogP contribution in [-0.2, 0) is 6.42 Å². The first-order valence-corrected chi connectivity index (χ1v) is 7.60. The van der Waals surface area contributed by atoms with Crippen LogP contribution in [0.25, 0.3) is 0 Å². The van der Waals surface area contributed by atoms with Crippen molar-refractivity contribution in [3.05, 3.63) is 10.6 Å². The van der Waals surface area contributed by atoms with Crippen molar-refractivity contribution in [1.82, 2.24) is 10.1 Å². The second-order valence-electron chi connectivity index (χ2n) is 4.54. The fourth-order valence-electron chi connectivity index (χ4n) is 1.92. The van der Waals surface area contributed by atoms with E-state index in [1.807, 2.05) is 0 Å². The molecule has 1 aromatic heterocycles. The van der Waals surface area contributed by atoms with Crippen molar-refractivity contribution in [2.45, 2.75) is 71.1 Å². The highest BCUT2D eigenvalue weighted by Crippen LogP contribution is 2.12. The largest absolute Gasteiger partial charge is 0.338 e. The molecule has 0 atom stereocenters. The number of unbranched alkanes of at least 4 members (excludes halogenated alkanes) is 8. The van der Waals surface area contributed by atoms with Gasteiger partial charge >= 0.3 is 0 Å². The van der Waals surface area contributed by atoms with Crippen LogP contribution in [-0.4, -0.2) is 10.1 Å². The molecule has 0 bridgehead atoms. The number of hydrogen-bond acceptors (Lipinski definition) is 3. The molecule has 0 unspecified atom stereocenters. The Morgan fingerprint density at radius 2 is 1.53 bits per heavy atom. The fraction of sp³-hybridized carbons (Fsp3) is 0.846. The van der Waals surface area contributed by atoms with Crippen LogP contribution in [0.3, 0.4) is 0 Å². The minimum absolute atomic E-state index is 0.559. The number of halogens is 1. The zero-order valence-corrected chi connectivity index (χ0v) is 12.3. The van der Waals surface area contributed by atoms with Gasteiger partial charge in [0.1, 0.15) is 0 Å². The lowest BCUT2D eigenvalue weighted by atomic mass is 10.1. The molecule has 1 heterocycles. The molecule has 0 saturated carbocycles. The first kappa shape index (κ1) is 14.7. The van der Waals surface area contributed by atoms with Crippen molar-refractivity contribution in [2.24, 2.45) is 0 Å². The van der Waals surface area contributed by atoms with Gasteiger partial charge in [-0.3, -0.25) is 0 Å². The molecule has 17 heavy (non-hydrogen) atoms. The van der Waals surface area contributed by atoms with E-state index >= 15 is 0 Å². The molecule has 0 N–H and O–H groups in total. The summed E-state index contributed by atoms with van der Waals surface area (Å²) in [6, 6.07) is 0. The summed E-state index contributed by atoms with van der Waals surface area (Å²) < 4.78 is 5.59. The molecule has 0 fully saturated rings. The van der Waals surface area contributed by atoms with E-state index in [2.05, 4.69) is 33.0 Å². The van der Waals surface area contributed by atoms with E-state index in [1.165, 1.54) is 51.4 Å². The van der Waals surface area contributed by atoms with E-state index in [0.717, 1.165) is 18.7 Å². The Hall–Kier alpha value is -0.380. The van der Waals surface area contributed by atoms with Crippen LogP contribution in [0, 0.1) is 0 Å². The molecule has 0 aliphatic rings. The summed E-state index contributed by atoms with van der Waals surface area (Å²) in [5, 5.41) is 3.70. The van der Waals surface area contributed by atoms with Gasteiger partial charge in [-0.15, -0.1) is 0 Å². The normalized spacial score (nSPS) is 10.9. The molecule has 4 heteroatoms. The summed E-state index contributed by atoms with van der Waals surface area (Å²) in [5.41, 5.74) is 0. The van der Waals surface area contributed by atoms with Crippen LogP contribution in [0.1, 0.15) is 70.6 Å². The Morgan fingerprint density at radius 1 is 0.941 bits per heavy atom. The molecule has 0 amide bonds. The Bertz CT molecular complexity index is 289. The Morgan fingerprint density at radius 3 is 2.06 bits per heavy atom. The van der Waals surface area contributed by atoms with Crippen molar-refractivity contribution in [2.75, 3.05) is 0 Å². The Kier molecular flexibility index (Phi) is 8.32. The van der Waals surface area contributed by atoms with Gasteiger partial charge in [0.15, 0.2) is 0 Å². The van der Waals surface area contributed by atoms with E-state index in [1.54, 1.807) is 0 Å². The van der Waals surface area contributed by atoms with Crippen LogP contribution >= 0.6 is 15.9 Å². The monoisotopic (exact) mass is 302 g/mol. The third kappa shape index (κ3) is 7.53. The van der Waals surface area contributed by atoms with Crippen molar-refractivity contribution in [3.8, 4) is 0 Å². The molecule has 0 radical (unpaired) electrons. The predicted molar refractivity (Wildman–Crippen MR) is 72.9 cm³/mol. The number of aryl methyl sites for hydroxylation is 1. The summed E-state index contributed by atoms with van der Waals surface area (Å²) in [5.74, 6) is 0.750. The second kappa shape index (κ2) is 9.63. The quantitative estimate of drug-likeness (QED) is 0.577. The minimum atomic E-state index is 0.559. The van der Waals surface area contributed by atoms with E-state index < -0.39 is 0 Å². The van der Waals surface area contributed by atoms with Crippen molar-refractivity contribution < 1.29 is 4.52 Å². The van der Waals surface area contributed by atoms with E-state index in [0.29, 0.717) is 4.73 Å². The van der Waals surface area contributed by atoms with Crippen LogP contribution in [0.5, 0.6) is 0 Å².